The number of methoxy groups -OCH3 is 2. The Morgan fingerprint density at radius 1 is 1.14 bits per heavy atom. The standard InChI is InChI=1S/C19H20N4O5/c1-12(19(25)20-15-10-13(26-2)8-9-17(15)27-3)28-18(24)11-23-16-7-5-4-6-14(16)21-22-23/h4-10,12H,11H2,1-3H3,(H,20,25). The Morgan fingerprint density at radius 3 is 2.68 bits per heavy atom. The first-order valence-corrected chi connectivity index (χ1v) is 8.52. The molecule has 0 saturated heterocycles. The summed E-state index contributed by atoms with van der Waals surface area (Å²) >= 11 is 0. The number of carbonyl (C=O) groups excluding carboxylic acids is 2. The van der Waals surface area contributed by atoms with Gasteiger partial charge in [-0.1, -0.05) is 17.3 Å². The van der Waals surface area contributed by atoms with Crippen molar-refractivity contribution in [1.82, 2.24) is 15.0 Å². The van der Waals surface area contributed by atoms with Crippen LogP contribution in [-0.4, -0.2) is 47.2 Å². The number of hydrogen-bond acceptors (Lipinski definition) is 7. The van der Waals surface area contributed by atoms with Crippen LogP contribution < -0.4 is 14.8 Å². The molecule has 1 atom stereocenters. The fraction of sp³-hybridized carbons (Fsp3) is 0.263. The molecule has 28 heavy (non-hydrogen) atoms. The van der Waals surface area contributed by atoms with Crippen molar-refractivity contribution in [2.45, 2.75) is 19.6 Å². The van der Waals surface area contributed by atoms with Gasteiger partial charge in [-0.05, 0) is 31.2 Å². The van der Waals surface area contributed by atoms with Crippen LogP contribution in [0.3, 0.4) is 0 Å². The Kier molecular flexibility index (Phi) is 5.73. The van der Waals surface area contributed by atoms with Crippen molar-refractivity contribution in [1.29, 1.82) is 0 Å². The van der Waals surface area contributed by atoms with E-state index in [1.165, 1.54) is 25.8 Å². The lowest BCUT2D eigenvalue weighted by atomic mass is 10.2. The summed E-state index contributed by atoms with van der Waals surface area (Å²) < 4.78 is 17.0. The minimum absolute atomic E-state index is 0.152. The van der Waals surface area contributed by atoms with Crippen LogP contribution in [0.2, 0.25) is 0 Å². The first kappa shape index (κ1) is 19.2. The number of aromatic nitrogens is 3. The second-order valence-corrected chi connectivity index (χ2v) is 5.92. The zero-order valence-corrected chi connectivity index (χ0v) is 15.7. The molecule has 3 rings (SSSR count). The molecule has 0 fully saturated rings. The highest BCUT2D eigenvalue weighted by Gasteiger charge is 2.20. The lowest BCUT2D eigenvalue weighted by Gasteiger charge is -2.16. The highest BCUT2D eigenvalue weighted by Crippen LogP contribution is 2.29. The molecule has 0 aliphatic carbocycles. The average Bonchev–Trinajstić information content (AvgIpc) is 3.10. The molecule has 1 heterocycles. The van der Waals surface area contributed by atoms with Crippen LogP contribution in [0.5, 0.6) is 11.5 Å². The van der Waals surface area contributed by atoms with E-state index in [9.17, 15) is 9.59 Å². The summed E-state index contributed by atoms with van der Waals surface area (Å²) in [7, 11) is 3.01. The summed E-state index contributed by atoms with van der Waals surface area (Å²) in [4.78, 5) is 24.6. The van der Waals surface area contributed by atoms with E-state index in [1.54, 1.807) is 30.3 Å². The summed E-state index contributed by atoms with van der Waals surface area (Å²) in [6, 6.07) is 12.2. The third kappa shape index (κ3) is 4.20. The topological polar surface area (TPSA) is 105 Å². The Labute approximate surface area is 161 Å². The van der Waals surface area contributed by atoms with Gasteiger partial charge in [0, 0.05) is 6.07 Å². The van der Waals surface area contributed by atoms with Gasteiger partial charge in [0.1, 0.15) is 23.6 Å². The van der Waals surface area contributed by atoms with Crippen LogP contribution in [0, 0.1) is 0 Å². The molecule has 0 spiro atoms. The van der Waals surface area contributed by atoms with Crippen LogP contribution in [0.1, 0.15) is 6.92 Å². The predicted octanol–water partition coefficient (Wildman–Crippen LogP) is 2.02. The number of esters is 1. The van der Waals surface area contributed by atoms with Crippen LogP contribution in [-0.2, 0) is 20.9 Å². The summed E-state index contributed by atoms with van der Waals surface area (Å²) in [6.07, 6.45) is -1.02. The molecule has 0 aliphatic heterocycles. The molecule has 1 N–H and O–H groups in total. The average molecular weight is 384 g/mol. The van der Waals surface area contributed by atoms with Gasteiger partial charge in [-0.2, -0.15) is 0 Å². The lowest BCUT2D eigenvalue weighted by molar-refractivity contribution is -0.153. The Balaban J connectivity index is 1.63. The monoisotopic (exact) mass is 384 g/mol. The number of carbonyl (C=O) groups is 2. The molecule has 1 unspecified atom stereocenters. The van der Waals surface area contributed by atoms with Gasteiger partial charge in [0.2, 0.25) is 0 Å². The van der Waals surface area contributed by atoms with Crippen LogP contribution in [0.4, 0.5) is 5.69 Å². The van der Waals surface area contributed by atoms with Gasteiger partial charge in [-0.3, -0.25) is 9.59 Å². The third-order valence-corrected chi connectivity index (χ3v) is 4.04. The normalized spacial score (nSPS) is 11.7. The van der Waals surface area contributed by atoms with Crippen molar-refractivity contribution < 1.29 is 23.8 Å². The molecule has 2 aromatic carbocycles. The van der Waals surface area contributed by atoms with E-state index in [4.69, 9.17) is 14.2 Å². The molecule has 0 saturated carbocycles. The second kappa shape index (κ2) is 8.38. The summed E-state index contributed by atoms with van der Waals surface area (Å²) in [5, 5.41) is 10.6. The molecule has 0 aliphatic rings. The fourth-order valence-electron chi connectivity index (χ4n) is 2.59. The summed E-state index contributed by atoms with van der Waals surface area (Å²) in [5.74, 6) is -0.0835. The quantitative estimate of drug-likeness (QED) is 0.621. The number of nitrogens with one attached hydrogen (secondary N) is 1. The molecule has 1 amide bonds. The molecular weight excluding hydrogens is 364 g/mol. The lowest BCUT2D eigenvalue weighted by Crippen LogP contribution is -2.31. The fourth-order valence-corrected chi connectivity index (χ4v) is 2.59. The van der Waals surface area contributed by atoms with Crippen molar-refractivity contribution in [3.8, 4) is 11.5 Å². The Bertz CT molecular complexity index is 1000. The van der Waals surface area contributed by atoms with Crippen molar-refractivity contribution in [2.24, 2.45) is 0 Å². The van der Waals surface area contributed by atoms with Crippen molar-refractivity contribution >= 4 is 28.6 Å². The van der Waals surface area contributed by atoms with Gasteiger partial charge in [0.15, 0.2) is 6.10 Å². The number of anilines is 1. The van der Waals surface area contributed by atoms with Gasteiger partial charge in [0.05, 0.1) is 25.4 Å². The summed E-state index contributed by atoms with van der Waals surface area (Å²) in [6.45, 7) is 1.33. The maximum absolute atomic E-state index is 12.4. The van der Waals surface area contributed by atoms with Gasteiger partial charge < -0.3 is 19.5 Å². The highest BCUT2D eigenvalue weighted by atomic mass is 16.5. The van der Waals surface area contributed by atoms with Crippen molar-refractivity contribution in [3.63, 3.8) is 0 Å². The first-order chi connectivity index (χ1) is 13.5. The van der Waals surface area contributed by atoms with E-state index in [0.29, 0.717) is 28.2 Å². The Morgan fingerprint density at radius 2 is 1.93 bits per heavy atom. The number of rotatable bonds is 7. The van der Waals surface area contributed by atoms with Gasteiger partial charge in [-0.15, -0.1) is 5.10 Å². The molecule has 3 aromatic rings. The molecule has 0 bridgehead atoms. The van der Waals surface area contributed by atoms with E-state index in [-0.39, 0.29) is 6.54 Å². The van der Waals surface area contributed by atoms with E-state index in [0.717, 1.165) is 0 Å². The largest absolute Gasteiger partial charge is 0.497 e. The van der Waals surface area contributed by atoms with E-state index in [1.807, 2.05) is 12.1 Å². The maximum Gasteiger partial charge on any atom is 0.328 e. The van der Waals surface area contributed by atoms with E-state index >= 15 is 0 Å². The minimum Gasteiger partial charge on any atom is -0.497 e. The number of ether oxygens (including phenoxy) is 3. The molecule has 9 nitrogen and oxygen atoms in total. The Hall–Kier alpha value is -3.62. The third-order valence-electron chi connectivity index (χ3n) is 4.04. The number of nitrogens with zero attached hydrogens (tertiary/aromatic N) is 3. The van der Waals surface area contributed by atoms with Crippen LogP contribution in [0.25, 0.3) is 11.0 Å². The SMILES string of the molecule is COc1ccc(OC)c(NC(=O)C(C)OC(=O)Cn2nnc3ccccc32)c1. The second-order valence-electron chi connectivity index (χ2n) is 5.92. The van der Waals surface area contributed by atoms with Crippen LogP contribution in [0.15, 0.2) is 42.5 Å². The minimum atomic E-state index is -1.02. The maximum atomic E-state index is 12.4. The number of benzene rings is 2. The smallest absolute Gasteiger partial charge is 0.328 e. The van der Waals surface area contributed by atoms with Crippen molar-refractivity contribution in [2.75, 3.05) is 19.5 Å². The van der Waals surface area contributed by atoms with Crippen LogP contribution >= 0.6 is 0 Å². The van der Waals surface area contributed by atoms with E-state index in [2.05, 4.69) is 15.6 Å². The summed E-state index contributed by atoms with van der Waals surface area (Å²) in [5.41, 5.74) is 1.79. The molecule has 0 radical (unpaired) electrons. The van der Waals surface area contributed by atoms with Gasteiger partial charge in [0.25, 0.3) is 5.91 Å². The highest BCUT2D eigenvalue weighted by molar-refractivity contribution is 5.96. The molecule has 146 valence electrons. The number of fused-ring (bicyclic) bond motifs is 1. The predicted molar refractivity (Wildman–Crippen MR) is 101 cm³/mol. The van der Waals surface area contributed by atoms with Crippen molar-refractivity contribution in [3.05, 3.63) is 42.5 Å². The van der Waals surface area contributed by atoms with Gasteiger partial charge in [-0.25, -0.2) is 4.68 Å². The first-order valence-electron chi connectivity index (χ1n) is 8.52. The zero-order valence-electron chi connectivity index (χ0n) is 15.7. The molecule has 1 aromatic heterocycles. The van der Waals surface area contributed by atoms with Gasteiger partial charge >= 0.3 is 5.97 Å². The molecular formula is C19H20N4O5. The molecule has 9 heteroatoms. The number of amides is 1. The van der Waals surface area contributed by atoms with E-state index < -0.39 is 18.0 Å². The number of hydrogen-bond donors (Lipinski definition) is 1. The zero-order chi connectivity index (χ0) is 20.1. The number of para-hydroxylation sites is 1.